The van der Waals surface area contributed by atoms with Crippen molar-refractivity contribution in [2.24, 2.45) is 11.7 Å². The largest absolute Gasteiger partial charge is 0.373 e. The van der Waals surface area contributed by atoms with E-state index in [4.69, 9.17) is 15.0 Å². The number of thioether (sulfide) groups is 1. The Bertz CT molecular complexity index is 434. The van der Waals surface area contributed by atoms with Gasteiger partial charge in [0.1, 0.15) is 6.10 Å². The second-order valence-electron chi connectivity index (χ2n) is 5.85. The summed E-state index contributed by atoms with van der Waals surface area (Å²) in [5.74, 6) is 4.06. The Morgan fingerprint density at radius 3 is 2.75 bits per heavy atom. The fourth-order valence-corrected chi connectivity index (χ4v) is 4.57. The maximum Gasteiger partial charge on any atom is 0.232 e. The Kier molecular flexibility index (Phi) is 4.63. The van der Waals surface area contributed by atoms with Crippen LogP contribution in [0, 0.1) is 5.92 Å². The first-order valence-corrected chi connectivity index (χ1v) is 8.64. The first kappa shape index (κ1) is 14.4. The minimum Gasteiger partial charge on any atom is -0.373 e. The molecule has 0 amide bonds. The van der Waals surface area contributed by atoms with Crippen LogP contribution in [0.3, 0.4) is 0 Å². The lowest BCUT2D eigenvalue weighted by atomic mass is 9.85. The van der Waals surface area contributed by atoms with E-state index in [1.807, 2.05) is 11.8 Å². The maximum absolute atomic E-state index is 6.09. The zero-order chi connectivity index (χ0) is 13.9. The van der Waals surface area contributed by atoms with Crippen LogP contribution >= 0.6 is 11.8 Å². The molecule has 0 radical (unpaired) electrons. The van der Waals surface area contributed by atoms with Crippen molar-refractivity contribution in [3.8, 4) is 0 Å². The molecule has 2 aliphatic rings. The van der Waals surface area contributed by atoms with Crippen molar-refractivity contribution in [3.63, 3.8) is 0 Å². The van der Waals surface area contributed by atoms with E-state index in [0.29, 0.717) is 17.6 Å². The predicted molar refractivity (Wildman–Crippen MR) is 78.7 cm³/mol. The molecule has 1 aromatic heterocycles. The molecule has 2 heterocycles. The van der Waals surface area contributed by atoms with E-state index in [1.54, 1.807) is 7.11 Å². The molecule has 2 N–H and O–H groups in total. The lowest BCUT2D eigenvalue weighted by Crippen LogP contribution is -2.27. The Morgan fingerprint density at radius 2 is 2.10 bits per heavy atom. The SMILES string of the molecule is COC(c1noc(C2CSCC2N)n1)C1CCCCC1. The van der Waals surface area contributed by atoms with E-state index in [1.165, 1.54) is 32.1 Å². The molecule has 3 unspecified atom stereocenters. The van der Waals surface area contributed by atoms with Gasteiger partial charge in [-0.05, 0) is 18.8 Å². The van der Waals surface area contributed by atoms with Crippen molar-refractivity contribution < 1.29 is 9.26 Å². The Labute approximate surface area is 124 Å². The van der Waals surface area contributed by atoms with Gasteiger partial charge >= 0.3 is 0 Å². The lowest BCUT2D eigenvalue weighted by Gasteiger charge is -2.26. The summed E-state index contributed by atoms with van der Waals surface area (Å²) in [6, 6.07) is 0.129. The molecular weight excluding hydrogens is 274 g/mol. The second kappa shape index (κ2) is 6.45. The molecule has 0 bridgehead atoms. The van der Waals surface area contributed by atoms with Crippen LogP contribution in [0.25, 0.3) is 0 Å². The summed E-state index contributed by atoms with van der Waals surface area (Å²) in [5.41, 5.74) is 6.09. The average Bonchev–Trinajstić information content (AvgIpc) is 3.10. The van der Waals surface area contributed by atoms with Gasteiger partial charge in [0.2, 0.25) is 11.7 Å². The summed E-state index contributed by atoms with van der Waals surface area (Å²) >= 11 is 1.85. The molecule has 1 aliphatic carbocycles. The van der Waals surface area contributed by atoms with Crippen LogP contribution in [0.1, 0.15) is 55.8 Å². The summed E-state index contributed by atoms with van der Waals surface area (Å²) in [5, 5.41) is 4.17. The van der Waals surface area contributed by atoms with Crippen molar-refractivity contribution in [3.05, 3.63) is 11.7 Å². The van der Waals surface area contributed by atoms with Crippen LogP contribution in [0.2, 0.25) is 0 Å². The van der Waals surface area contributed by atoms with E-state index in [0.717, 1.165) is 11.5 Å². The number of nitrogens with zero attached hydrogens (tertiary/aromatic N) is 2. The van der Waals surface area contributed by atoms with Gasteiger partial charge in [-0.15, -0.1) is 0 Å². The molecule has 5 nitrogen and oxygen atoms in total. The quantitative estimate of drug-likeness (QED) is 0.920. The van der Waals surface area contributed by atoms with Gasteiger partial charge in [-0.1, -0.05) is 24.4 Å². The van der Waals surface area contributed by atoms with Gasteiger partial charge in [-0.2, -0.15) is 16.7 Å². The van der Waals surface area contributed by atoms with Crippen LogP contribution in [0.4, 0.5) is 0 Å². The standard InChI is InChI=1S/C14H23N3O2S/c1-18-12(9-5-3-2-4-6-9)13-16-14(19-17-13)10-7-20-8-11(10)15/h9-12H,2-8,15H2,1H3. The highest BCUT2D eigenvalue weighted by molar-refractivity contribution is 7.99. The first-order valence-electron chi connectivity index (χ1n) is 7.49. The van der Waals surface area contributed by atoms with E-state index in [2.05, 4.69) is 10.1 Å². The van der Waals surface area contributed by atoms with Gasteiger partial charge in [0, 0.05) is 24.7 Å². The van der Waals surface area contributed by atoms with Gasteiger partial charge in [-0.3, -0.25) is 0 Å². The third-order valence-corrected chi connectivity index (χ3v) is 5.70. The predicted octanol–water partition coefficient (Wildman–Crippen LogP) is 2.50. The van der Waals surface area contributed by atoms with E-state index in [-0.39, 0.29) is 18.1 Å². The molecular formula is C14H23N3O2S. The van der Waals surface area contributed by atoms with Crippen LogP contribution in [0.5, 0.6) is 0 Å². The lowest BCUT2D eigenvalue weighted by molar-refractivity contribution is 0.0273. The summed E-state index contributed by atoms with van der Waals surface area (Å²) < 4.78 is 11.1. The number of hydrogen-bond acceptors (Lipinski definition) is 6. The molecule has 0 aromatic carbocycles. The third kappa shape index (κ3) is 2.87. The number of aromatic nitrogens is 2. The zero-order valence-electron chi connectivity index (χ0n) is 12.0. The smallest absolute Gasteiger partial charge is 0.232 e. The fraction of sp³-hybridized carbons (Fsp3) is 0.857. The first-order chi connectivity index (χ1) is 9.79. The topological polar surface area (TPSA) is 74.2 Å². The Morgan fingerprint density at radius 1 is 1.30 bits per heavy atom. The summed E-state index contributed by atoms with van der Waals surface area (Å²) in [6.45, 7) is 0. The monoisotopic (exact) mass is 297 g/mol. The molecule has 20 heavy (non-hydrogen) atoms. The van der Waals surface area contributed by atoms with Crippen molar-refractivity contribution in [1.29, 1.82) is 0 Å². The number of nitrogens with two attached hydrogens (primary N) is 1. The molecule has 6 heteroatoms. The molecule has 1 saturated heterocycles. The van der Waals surface area contributed by atoms with Crippen LogP contribution in [0.15, 0.2) is 4.52 Å². The van der Waals surface area contributed by atoms with Gasteiger partial charge in [0.05, 0.1) is 5.92 Å². The molecule has 3 rings (SSSR count). The Balaban J connectivity index is 1.73. The molecule has 1 aromatic rings. The van der Waals surface area contributed by atoms with Crippen molar-refractivity contribution in [2.45, 2.75) is 50.2 Å². The average molecular weight is 297 g/mol. The van der Waals surface area contributed by atoms with Crippen molar-refractivity contribution >= 4 is 11.8 Å². The highest BCUT2D eigenvalue weighted by Crippen LogP contribution is 2.37. The van der Waals surface area contributed by atoms with E-state index >= 15 is 0 Å². The summed E-state index contributed by atoms with van der Waals surface area (Å²) in [4.78, 5) is 4.59. The van der Waals surface area contributed by atoms with Gasteiger partial charge in [-0.25, -0.2) is 0 Å². The normalized spacial score (nSPS) is 29.7. The maximum atomic E-state index is 6.09. The van der Waals surface area contributed by atoms with Crippen LogP contribution in [-0.4, -0.2) is 34.8 Å². The molecule has 2 fully saturated rings. The fourth-order valence-electron chi connectivity index (χ4n) is 3.28. The van der Waals surface area contributed by atoms with Gasteiger partial charge < -0.3 is 15.0 Å². The second-order valence-corrected chi connectivity index (χ2v) is 6.93. The number of rotatable bonds is 4. The molecule has 3 atom stereocenters. The van der Waals surface area contributed by atoms with Crippen molar-refractivity contribution in [1.82, 2.24) is 10.1 Å². The number of hydrogen-bond donors (Lipinski definition) is 1. The van der Waals surface area contributed by atoms with Crippen molar-refractivity contribution in [2.75, 3.05) is 18.6 Å². The highest BCUT2D eigenvalue weighted by Gasteiger charge is 2.34. The molecule has 112 valence electrons. The third-order valence-electron chi connectivity index (χ3n) is 4.49. The van der Waals surface area contributed by atoms with E-state index < -0.39 is 0 Å². The minimum atomic E-state index is -0.0296. The van der Waals surface area contributed by atoms with Gasteiger partial charge in [0.15, 0.2) is 0 Å². The summed E-state index contributed by atoms with van der Waals surface area (Å²) in [6.07, 6.45) is 6.25. The van der Waals surface area contributed by atoms with E-state index in [9.17, 15) is 0 Å². The highest BCUT2D eigenvalue weighted by atomic mass is 32.2. The Hall–Kier alpha value is -0.590. The van der Waals surface area contributed by atoms with Crippen LogP contribution < -0.4 is 5.73 Å². The van der Waals surface area contributed by atoms with Crippen LogP contribution in [-0.2, 0) is 4.74 Å². The number of ether oxygens (including phenoxy) is 1. The minimum absolute atomic E-state index is 0.0296. The van der Waals surface area contributed by atoms with Gasteiger partial charge in [0.25, 0.3) is 0 Å². The number of methoxy groups -OCH3 is 1. The molecule has 0 spiro atoms. The zero-order valence-corrected chi connectivity index (χ0v) is 12.8. The molecule has 1 saturated carbocycles. The molecule has 1 aliphatic heterocycles. The summed E-state index contributed by atoms with van der Waals surface area (Å²) in [7, 11) is 1.74.